The first-order valence-electron chi connectivity index (χ1n) is 6.87. The van der Waals surface area contributed by atoms with Gasteiger partial charge in [-0.2, -0.15) is 0 Å². The van der Waals surface area contributed by atoms with Crippen molar-refractivity contribution in [3.05, 3.63) is 29.8 Å². The quantitative estimate of drug-likeness (QED) is 0.824. The van der Waals surface area contributed by atoms with Gasteiger partial charge in [0.2, 0.25) is 0 Å². The van der Waals surface area contributed by atoms with Crippen LogP contribution in [0.25, 0.3) is 0 Å². The Balaban J connectivity index is 1.84. The largest absolute Gasteiger partial charge is 0.497 e. The summed E-state index contributed by atoms with van der Waals surface area (Å²) in [6.45, 7) is 3.65. The molecule has 1 fully saturated rings. The number of aliphatic hydroxyl groups is 1. The first kappa shape index (κ1) is 14.3. The van der Waals surface area contributed by atoms with Gasteiger partial charge in [-0.15, -0.1) is 0 Å². The second-order valence-electron chi connectivity index (χ2n) is 5.05. The molecule has 0 amide bonds. The monoisotopic (exact) mass is 265 g/mol. The van der Waals surface area contributed by atoms with Gasteiger partial charge in [-0.05, 0) is 37.5 Å². The molecule has 106 valence electrons. The standard InChI is InChI=1S/C15H23NO3/c1-11(16-10-14-4-3-9-19-14)15(17)12-5-7-13(18-2)8-6-12/h5-8,11,14-17H,3-4,9-10H2,1-2H3. The van der Waals surface area contributed by atoms with Crippen LogP contribution in [0, 0.1) is 0 Å². The molecule has 1 aromatic rings. The van der Waals surface area contributed by atoms with Gasteiger partial charge in [0, 0.05) is 19.2 Å². The first-order valence-corrected chi connectivity index (χ1v) is 6.87. The number of methoxy groups -OCH3 is 1. The molecule has 3 unspecified atom stereocenters. The number of rotatable bonds is 6. The zero-order chi connectivity index (χ0) is 13.7. The fraction of sp³-hybridized carbons (Fsp3) is 0.600. The average molecular weight is 265 g/mol. The van der Waals surface area contributed by atoms with Gasteiger partial charge in [0.1, 0.15) is 5.75 Å². The lowest BCUT2D eigenvalue weighted by Gasteiger charge is -2.22. The van der Waals surface area contributed by atoms with Crippen LogP contribution in [0.2, 0.25) is 0 Å². The molecule has 0 bridgehead atoms. The summed E-state index contributed by atoms with van der Waals surface area (Å²) in [6, 6.07) is 7.52. The molecule has 19 heavy (non-hydrogen) atoms. The van der Waals surface area contributed by atoms with Crippen molar-refractivity contribution in [3.8, 4) is 5.75 Å². The zero-order valence-electron chi connectivity index (χ0n) is 11.6. The number of benzene rings is 1. The smallest absolute Gasteiger partial charge is 0.118 e. The summed E-state index contributed by atoms with van der Waals surface area (Å²) in [5, 5.41) is 13.6. The minimum atomic E-state index is -0.521. The van der Waals surface area contributed by atoms with E-state index >= 15 is 0 Å². The van der Waals surface area contributed by atoms with Crippen molar-refractivity contribution in [2.75, 3.05) is 20.3 Å². The minimum Gasteiger partial charge on any atom is -0.497 e. The van der Waals surface area contributed by atoms with Gasteiger partial charge in [0.25, 0.3) is 0 Å². The van der Waals surface area contributed by atoms with Crippen molar-refractivity contribution in [2.45, 2.75) is 38.0 Å². The Hall–Kier alpha value is -1.10. The number of hydrogen-bond acceptors (Lipinski definition) is 4. The summed E-state index contributed by atoms with van der Waals surface area (Å²) >= 11 is 0. The van der Waals surface area contributed by atoms with E-state index in [1.807, 2.05) is 31.2 Å². The van der Waals surface area contributed by atoms with Crippen molar-refractivity contribution >= 4 is 0 Å². The number of hydrogen-bond donors (Lipinski definition) is 2. The lowest BCUT2D eigenvalue weighted by atomic mass is 10.0. The first-order chi connectivity index (χ1) is 9.20. The highest BCUT2D eigenvalue weighted by molar-refractivity contribution is 5.28. The van der Waals surface area contributed by atoms with E-state index in [4.69, 9.17) is 9.47 Å². The Labute approximate surface area is 114 Å². The molecule has 0 spiro atoms. The molecule has 0 saturated carbocycles. The van der Waals surface area contributed by atoms with Crippen LogP contribution in [0.5, 0.6) is 5.75 Å². The van der Waals surface area contributed by atoms with Gasteiger partial charge in [0.15, 0.2) is 0 Å². The fourth-order valence-electron chi connectivity index (χ4n) is 2.32. The minimum absolute atomic E-state index is 0.00223. The molecule has 1 aromatic carbocycles. The van der Waals surface area contributed by atoms with Gasteiger partial charge in [0.05, 0.1) is 19.3 Å². The topological polar surface area (TPSA) is 50.7 Å². The predicted octanol–water partition coefficient (Wildman–Crippen LogP) is 1.89. The maximum Gasteiger partial charge on any atom is 0.118 e. The van der Waals surface area contributed by atoms with Crippen LogP contribution in [0.3, 0.4) is 0 Å². The maximum atomic E-state index is 10.3. The zero-order valence-corrected chi connectivity index (χ0v) is 11.6. The Morgan fingerprint density at radius 1 is 1.42 bits per heavy atom. The molecule has 1 heterocycles. The maximum absolute atomic E-state index is 10.3. The van der Waals surface area contributed by atoms with Crippen LogP contribution < -0.4 is 10.1 Å². The van der Waals surface area contributed by atoms with E-state index in [0.29, 0.717) is 6.10 Å². The Kier molecular flexibility index (Phi) is 5.19. The summed E-state index contributed by atoms with van der Waals surface area (Å²) < 4.78 is 10.7. The second-order valence-corrected chi connectivity index (χ2v) is 5.05. The Bertz CT molecular complexity index is 373. The fourth-order valence-corrected chi connectivity index (χ4v) is 2.32. The molecule has 0 aliphatic carbocycles. The third kappa shape index (κ3) is 3.93. The molecule has 0 aromatic heterocycles. The van der Waals surface area contributed by atoms with Crippen molar-refractivity contribution in [1.29, 1.82) is 0 Å². The molecule has 0 radical (unpaired) electrons. The highest BCUT2D eigenvalue weighted by atomic mass is 16.5. The third-order valence-corrected chi connectivity index (χ3v) is 3.62. The van der Waals surface area contributed by atoms with E-state index in [1.165, 1.54) is 0 Å². The van der Waals surface area contributed by atoms with Gasteiger partial charge in [-0.25, -0.2) is 0 Å². The van der Waals surface area contributed by atoms with E-state index in [-0.39, 0.29) is 6.04 Å². The highest BCUT2D eigenvalue weighted by Gasteiger charge is 2.20. The Morgan fingerprint density at radius 2 is 2.16 bits per heavy atom. The van der Waals surface area contributed by atoms with E-state index in [0.717, 1.165) is 37.3 Å². The molecule has 1 saturated heterocycles. The van der Waals surface area contributed by atoms with Gasteiger partial charge < -0.3 is 19.9 Å². The highest BCUT2D eigenvalue weighted by Crippen LogP contribution is 2.20. The second kappa shape index (κ2) is 6.89. The molecule has 4 heteroatoms. The van der Waals surface area contributed by atoms with Gasteiger partial charge in [-0.1, -0.05) is 12.1 Å². The van der Waals surface area contributed by atoms with Crippen LogP contribution in [0.1, 0.15) is 31.4 Å². The van der Waals surface area contributed by atoms with Crippen LogP contribution >= 0.6 is 0 Å². The normalized spacial score (nSPS) is 22.2. The molecular formula is C15H23NO3. The summed E-state index contributed by atoms with van der Waals surface area (Å²) in [4.78, 5) is 0. The lowest BCUT2D eigenvalue weighted by molar-refractivity contribution is 0.0910. The molecule has 3 atom stereocenters. The van der Waals surface area contributed by atoms with Crippen molar-refractivity contribution < 1.29 is 14.6 Å². The number of nitrogens with one attached hydrogen (secondary N) is 1. The number of ether oxygens (including phenoxy) is 2. The molecule has 2 N–H and O–H groups in total. The Morgan fingerprint density at radius 3 is 2.74 bits per heavy atom. The van der Waals surface area contributed by atoms with Gasteiger partial charge >= 0.3 is 0 Å². The van der Waals surface area contributed by atoms with E-state index in [2.05, 4.69) is 5.32 Å². The average Bonchev–Trinajstić information content (AvgIpc) is 2.97. The van der Waals surface area contributed by atoms with Crippen molar-refractivity contribution in [3.63, 3.8) is 0 Å². The molecule has 1 aliphatic heterocycles. The van der Waals surface area contributed by atoms with Crippen LogP contribution in [0.4, 0.5) is 0 Å². The van der Waals surface area contributed by atoms with E-state index < -0.39 is 6.10 Å². The SMILES string of the molecule is COc1ccc(C(O)C(C)NCC2CCCO2)cc1. The van der Waals surface area contributed by atoms with Crippen LogP contribution in [-0.2, 0) is 4.74 Å². The summed E-state index contributed by atoms with van der Waals surface area (Å²) in [6.07, 6.45) is 2.03. The summed E-state index contributed by atoms with van der Waals surface area (Å²) in [5.41, 5.74) is 0.896. The van der Waals surface area contributed by atoms with Gasteiger partial charge in [-0.3, -0.25) is 0 Å². The summed E-state index contributed by atoms with van der Waals surface area (Å²) in [5.74, 6) is 0.802. The van der Waals surface area contributed by atoms with Crippen molar-refractivity contribution in [1.82, 2.24) is 5.32 Å². The predicted molar refractivity (Wildman–Crippen MR) is 74.4 cm³/mol. The van der Waals surface area contributed by atoms with Crippen LogP contribution in [0.15, 0.2) is 24.3 Å². The summed E-state index contributed by atoms with van der Waals surface area (Å²) in [7, 11) is 1.64. The molecule has 1 aliphatic rings. The van der Waals surface area contributed by atoms with Crippen molar-refractivity contribution in [2.24, 2.45) is 0 Å². The van der Waals surface area contributed by atoms with E-state index in [9.17, 15) is 5.11 Å². The molecule has 2 rings (SSSR count). The lowest BCUT2D eigenvalue weighted by Crippen LogP contribution is -2.37. The van der Waals surface area contributed by atoms with Crippen LogP contribution in [-0.4, -0.2) is 37.5 Å². The van der Waals surface area contributed by atoms with E-state index in [1.54, 1.807) is 7.11 Å². The molecule has 4 nitrogen and oxygen atoms in total. The molecular weight excluding hydrogens is 242 g/mol. The third-order valence-electron chi connectivity index (χ3n) is 3.62. The number of aliphatic hydroxyl groups excluding tert-OH is 1.